The van der Waals surface area contributed by atoms with E-state index in [1.165, 1.54) is 5.56 Å². The molecule has 3 nitrogen and oxygen atoms in total. The van der Waals surface area contributed by atoms with Crippen LogP contribution in [0.5, 0.6) is 11.5 Å². The minimum atomic E-state index is 0.784. The molecule has 0 spiro atoms. The van der Waals surface area contributed by atoms with E-state index in [1.807, 2.05) is 30.5 Å². The van der Waals surface area contributed by atoms with Crippen LogP contribution >= 0.6 is 0 Å². The molecule has 1 heterocycles. The van der Waals surface area contributed by atoms with E-state index in [0.717, 1.165) is 22.6 Å². The number of hydrogen-bond donors (Lipinski definition) is 0. The van der Waals surface area contributed by atoms with Gasteiger partial charge in [0.25, 0.3) is 0 Å². The maximum atomic E-state index is 5.39. The Labute approximate surface area is 101 Å². The van der Waals surface area contributed by atoms with Gasteiger partial charge < -0.3 is 9.47 Å². The van der Waals surface area contributed by atoms with Crippen molar-refractivity contribution in [2.75, 3.05) is 14.2 Å². The average molecular weight is 229 g/mol. The summed E-state index contributed by atoms with van der Waals surface area (Å²) in [7, 11) is 3.30. The van der Waals surface area contributed by atoms with Crippen LogP contribution in [0.1, 0.15) is 5.56 Å². The molecule has 2 aromatic rings. The molecule has 2 rings (SSSR count). The summed E-state index contributed by atoms with van der Waals surface area (Å²) in [4.78, 5) is 4.15. The number of aromatic nitrogens is 1. The number of methoxy groups -OCH3 is 2. The number of nitrogens with zero attached hydrogens (tertiary/aromatic N) is 1. The van der Waals surface area contributed by atoms with Crippen molar-refractivity contribution in [3.05, 3.63) is 42.2 Å². The molecule has 0 aliphatic carbocycles. The van der Waals surface area contributed by atoms with Crippen molar-refractivity contribution in [2.45, 2.75) is 6.92 Å². The third-order valence-electron chi connectivity index (χ3n) is 2.74. The minimum absolute atomic E-state index is 0.784. The summed E-state index contributed by atoms with van der Waals surface area (Å²) < 4.78 is 10.6. The van der Waals surface area contributed by atoms with Crippen molar-refractivity contribution in [1.82, 2.24) is 4.98 Å². The van der Waals surface area contributed by atoms with Crippen LogP contribution in [-0.4, -0.2) is 19.2 Å². The molecule has 1 aromatic carbocycles. The number of pyridine rings is 1. The topological polar surface area (TPSA) is 31.4 Å². The van der Waals surface area contributed by atoms with Crippen LogP contribution in [-0.2, 0) is 0 Å². The van der Waals surface area contributed by atoms with Gasteiger partial charge in [0.15, 0.2) is 0 Å². The summed E-state index contributed by atoms with van der Waals surface area (Å²) in [6, 6.07) is 7.77. The number of hydrogen-bond acceptors (Lipinski definition) is 3. The van der Waals surface area contributed by atoms with E-state index < -0.39 is 0 Å². The Bertz CT molecular complexity index is 523. The quantitative estimate of drug-likeness (QED) is 0.810. The largest absolute Gasteiger partial charge is 0.497 e. The van der Waals surface area contributed by atoms with Crippen molar-refractivity contribution >= 4 is 0 Å². The third-order valence-corrected chi connectivity index (χ3v) is 2.74. The first-order valence-electron chi connectivity index (χ1n) is 5.39. The summed E-state index contributed by atoms with van der Waals surface area (Å²) in [5, 5.41) is 0. The zero-order valence-corrected chi connectivity index (χ0v) is 10.2. The molecule has 0 N–H and O–H groups in total. The van der Waals surface area contributed by atoms with Crippen LogP contribution in [0.25, 0.3) is 11.1 Å². The molecule has 0 radical (unpaired) electrons. The van der Waals surface area contributed by atoms with Gasteiger partial charge in [0.05, 0.1) is 14.2 Å². The highest BCUT2D eigenvalue weighted by Crippen LogP contribution is 2.34. The van der Waals surface area contributed by atoms with Crippen molar-refractivity contribution in [2.24, 2.45) is 0 Å². The summed E-state index contributed by atoms with van der Waals surface area (Å²) in [5.41, 5.74) is 3.27. The normalized spacial score (nSPS) is 10.1. The van der Waals surface area contributed by atoms with Crippen LogP contribution < -0.4 is 9.47 Å². The molecule has 0 aliphatic heterocycles. The molecule has 17 heavy (non-hydrogen) atoms. The lowest BCUT2D eigenvalue weighted by atomic mass is 10.0. The van der Waals surface area contributed by atoms with Crippen molar-refractivity contribution in [3.8, 4) is 22.6 Å². The molecule has 0 amide bonds. The van der Waals surface area contributed by atoms with E-state index in [4.69, 9.17) is 9.47 Å². The van der Waals surface area contributed by atoms with Gasteiger partial charge in [-0.3, -0.25) is 4.98 Å². The van der Waals surface area contributed by atoms with Gasteiger partial charge in [-0.05, 0) is 30.7 Å². The smallest absolute Gasteiger partial charge is 0.130 e. The van der Waals surface area contributed by atoms with E-state index in [2.05, 4.69) is 11.9 Å². The SMILES string of the molecule is COc1ccc(-c2cnccc2C)c(OC)c1. The minimum Gasteiger partial charge on any atom is -0.497 e. The van der Waals surface area contributed by atoms with Gasteiger partial charge in [-0.25, -0.2) is 0 Å². The Morgan fingerprint density at radius 2 is 1.82 bits per heavy atom. The number of rotatable bonds is 3. The van der Waals surface area contributed by atoms with Crippen LogP contribution in [0.15, 0.2) is 36.7 Å². The summed E-state index contributed by atoms with van der Waals surface area (Å²) in [6.45, 7) is 2.06. The summed E-state index contributed by atoms with van der Waals surface area (Å²) in [5.74, 6) is 1.58. The lowest BCUT2D eigenvalue weighted by molar-refractivity contribution is 0.395. The fourth-order valence-corrected chi connectivity index (χ4v) is 1.77. The highest BCUT2D eigenvalue weighted by Gasteiger charge is 2.09. The lowest BCUT2D eigenvalue weighted by Gasteiger charge is -2.11. The molecule has 0 aliphatic rings. The Morgan fingerprint density at radius 1 is 1.00 bits per heavy atom. The van der Waals surface area contributed by atoms with Crippen LogP contribution in [0.3, 0.4) is 0 Å². The molecule has 0 unspecified atom stereocenters. The Kier molecular flexibility index (Phi) is 3.28. The zero-order valence-electron chi connectivity index (χ0n) is 10.2. The first-order chi connectivity index (χ1) is 8.26. The van der Waals surface area contributed by atoms with E-state index in [-0.39, 0.29) is 0 Å². The van der Waals surface area contributed by atoms with Crippen LogP contribution in [0.4, 0.5) is 0 Å². The van der Waals surface area contributed by atoms with Crippen LogP contribution in [0, 0.1) is 6.92 Å². The molecular weight excluding hydrogens is 214 g/mol. The maximum Gasteiger partial charge on any atom is 0.130 e. The molecule has 1 aromatic heterocycles. The fraction of sp³-hybridized carbons (Fsp3) is 0.214. The Balaban J connectivity index is 2.56. The van der Waals surface area contributed by atoms with Gasteiger partial charge in [-0.1, -0.05) is 0 Å². The van der Waals surface area contributed by atoms with Gasteiger partial charge in [-0.2, -0.15) is 0 Å². The molecule has 0 bridgehead atoms. The van der Waals surface area contributed by atoms with E-state index in [1.54, 1.807) is 20.4 Å². The second kappa shape index (κ2) is 4.87. The predicted molar refractivity (Wildman–Crippen MR) is 67.5 cm³/mol. The van der Waals surface area contributed by atoms with Gasteiger partial charge in [0.1, 0.15) is 11.5 Å². The molecular formula is C14H15NO2. The Morgan fingerprint density at radius 3 is 2.47 bits per heavy atom. The fourth-order valence-electron chi connectivity index (χ4n) is 1.77. The predicted octanol–water partition coefficient (Wildman–Crippen LogP) is 3.07. The van der Waals surface area contributed by atoms with Crippen molar-refractivity contribution < 1.29 is 9.47 Å². The van der Waals surface area contributed by atoms with E-state index in [9.17, 15) is 0 Å². The molecule has 88 valence electrons. The third kappa shape index (κ3) is 2.23. The number of ether oxygens (including phenoxy) is 2. The molecule has 0 saturated heterocycles. The second-order valence-corrected chi connectivity index (χ2v) is 3.76. The van der Waals surface area contributed by atoms with Gasteiger partial charge in [0, 0.05) is 29.6 Å². The first-order valence-corrected chi connectivity index (χ1v) is 5.39. The van der Waals surface area contributed by atoms with Crippen molar-refractivity contribution in [1.29, 1.82) is 0 Å². The number of aryl methyl sites for hydroxylation is 1. The molecule has 0 saturated carbocycles. The molecule has 3 heteroatoms. The average Bonchev–Trinajstić information content (AvgIpc) is 2.38. The highest BCUT2D eigenvalue weighted by atomic mass is 16.5. The second-order valence-electron chi connectivity index (χ2n) is 3.76. The first kappa shape index (κ1) is 11.5. The van der Waals surface area contributed by atoms with E-state index in [0.29, 0.717) is 0 Å². The van der Waals surface area contributed by atoms with Gasteiger partial charge in [-0.15, -0.1) is 0 Å². The monoisotopic (exact) mass is 229 g/mol. The zero-order chi connectivity index (χ0) is 12.3. The lowest BCUT2D eigenvalue weighted by Crippen LogP contribution is -1.92. The van der Waals surface area contributed by atoms with Crippen LogP contribution in [0.2, 0.25) is 0 Å². The van der Waals surface area contributed by atoms with Gasteiger partial charge >= 0.3 is 0 Å². The standard InChI is InChI=1S/C14H15NO2/c1-10-6-7-15-9-13(10)12-5-4-11(16-2)8-14(12)17-3/h4-9H,1-3H3. The van der Waals surface area contributed by atoms with Gasteiger partial charge in [0.2, 0.25) is 0 Å². The number of benzene rings is 1. The summed E-state index contributed by atoms with van der Waals surface area (Å²) in [6.07, 6.45) is 3.63. The van der Waals surface area contributed by atoms with Crippen molar-refractivity contribution in [3.63, 3.8) is 0 Å². The Hall–Kier alpha value is -2.03. The highest BCUT2D eigenvalue weighted by molar-refractivity contribution is 5.73. The van der Waals surface area contributed by atoms with E-state index >= 15 is 0 Å². The maximum absolute atomic E-state index is 5.39. The summed E-state index contributed by atoms with van der Waals surface area (Å²) >= 11 is 0. The molecule has 0 fully saturated rings. The molecule has 0 atom stereocenters.